The van der Waals surface area contributed by atoms with Crippen molar-refractivity contribution in [3.63, 3.8) is 0 Å². The van der Waals surface area contributed by atoms with Gasteiger partial charge in [-0.05, 0) is 18.9 Å². The first kappa shape index (κ1) is 15.9. The van der Waals surface area contributed by atoms with Crippen LogP contribution in [0.5, 0.6) is 0 Å². The number of rotatable bonds is 3. The van der Waals surface area contributed by atoms with Crippen molar-refractivity contribution in [2.24, 2.45) is 0 Å². The molecule has 1 atom stereocenters. The van der Waals surface area contributed by atoms with Gasteiger partial charge >= 0.3 is 0 Å². The van der Waals surface area contributed by atoms with E-state index in [4.69, 9.17) is 4.84 Å². The fourth-order valence-corrected chi connectivity index (χ4v) is 3.26. The van der Waals surface area contributed by atoms with Gasteiger partial charge in [0.25, 0.3) is 0 Å². The molecule has 4 heterocycles. The molecule has 1 saturated heterocycles. The van der Waals surface area contributed by atoms with Crippen LogP contribution in [0.2, 0.25) is 0 Å². The molecule has 0 aromatic carbocycles. The molecule has 9 heteroatoms. The predicted octanol–water partition coefficient (Wildman–Crippen LogP) is 1.32. The van der Waals surface area contributed by atoms with Crippen molar-refractivity contribution in [2.45, 2.75) is 31.8 Å². The zero-order chi connectivity index (χ0) is 17.2. The number of anilines is 1. The molecule has 1 fully saturated rings. The summed E-state index contributed by atoms with van der Waals surface area (Å²) in [6.07, 6.45) is 6.24. The summed E-state index contributed by atoms with van der Waals surface area (Å²) in [4.78, 5) is 28.0. The fourth-order valence-electron chi connectivity index (χ4n) is 3.26. The van der Waals surface area contributed by atoms with Crippen LogP contribution in [0.4, 0.5) is 10.3 Å². The summed E-state index contributed by atoms with van der Waals surface area (Å²) in [6.45, 7) is 2.30. The Balaban J connectivity index is 1.52. The SMILES string of the molecule is O=C(C[C@@H]1CN(c2ncc(F)cn2)Cc2ccnn21)N1CCCCO1. The standard InChI is InChI=1S/C16H19FN6O2/c17-12-8-18-16(19-9-12)21-10-13-3-4-20-23(13)14(11-21)7-15(24)22-5-1-2-6-25-22/h3-4,8-9,14H,1-2,5-7,10-11H2/t14-/m1/s1. The van der Waals surface area contributed by atoms with Crippen LogP contribution in [0.15, 0.2) is 24.7 Å². The molecule has 0 unspecified atom stereocenters. The highest BCUT2D eigenvalue weighted by Gasteiger charge is 2.30. The molecule has 0 radical (unpaired) electrons. The lowest BCUT2D eigenvalue weighted by molar-refractivity contribution is -0.197. The Morgan fingerprint density at radius 3 is 2.92 bits per heavy atom. The molecule has 0 aliphatic carbocycles. The van der Waals surface area contributed by atoms with Crippen molar-refractivity contribution in [2.75, 3.05) is 24.6 Å². The molecule has 1 amide bonds. The monoisotopic (exact) mass is 346 g/mol. The van der Waals surface area contributed by atoms with Gasteiger partial charge in [0.05, 0.1) is 43.7 Å². The predicted molar refractivity (Wildman–Crippen MR) is 85.8 cm³/mol. The van der Waals surface area contributed by atoms with Gasteiger partial charge in [-0.25, -0.2) is 19.4 Å². The third-order valence-electron chi connectivity index (χ3n) is 4.46. The van der Waals surface area contributed by atoms with E-state index in [-0.39, 0.29) is 18.4 Å². The lowest BCUT2D eigenvalue weighted by Gasteiger charge is -2.35. The summed E-state index contributed by atoms with van der Waals surface area (Å²) < 4.78 is 15.0. The maximum absolute atomic E-state index is 13.1. The van der Waals surface area contributed by atoms with Crippen molar-refractivity contribution in [1.82, 2.24) is 24.8 Å². The molecule has 2 aliphatic rings. The van der Waals surface area contributed by atoms with Crippen LogP contribution in [-0.4, -0.2) is 50.4 Å². The zero-order valence-corrected chi connectivity index (χ0v) is 13.7. The van der Waals surface area contributed by atoms with Gasteiger partial charge < -0.3 is 4.90 Å². The number of nitrogens with zero attached hydrogens (tertiary/aromatic N) is 6. The highest BCUT2D eigenvalue weighted by atomic mass is 19.1. The number of hydroxylamine groups is 2. The molecule has 8 nitrogen and oxygen atoms in total. The quantitative estimate of drug-likeness (QED) is 0.834. The van der Waals surface area contributed by atoms with Crippen LogP contribution >= 0.6 is 0 Å². The summed E-state index contributed by atoms with van der Waals surface area (Å²) in [5, 5.41) is 5.81. The zero-order valence-electron chi connectivity index (χ0n) is 13.7. The maximum Gasteiger partial charge on any atom is 0.248 e. The van der Waals surface area contributed by atoms with Gasteiger partial charge in [-0.1, -0.05) is 0 Å². The topological polar surface area (TPSA) is 76.4 Å². The van der Waals surface area contributed by atoms with Gasteiger partial charge in [0.15, 0.2) is 5.82 Å². The molecule has 2 aromatic rings. The van der Waals surface area contributed by atoms with Gasteiger partial charge in [-0.15, -0.1) is 0 Å². The molecule has 25 heavy (non-hydrogen) atoms. The van der Waals surface area contributed by atoms with Gasteiger partial charge in [0.1, 0.15) is 0 Å². The lowest BCUT2D eigenvalue weighted by atomic mass is 10.1. The third-order valence-corrected chi connectivity index (χ3v) is 4.46. The summed E-state index contributed by atoms with van der Waals surface area (Å²) >= 11 is 0. The molecule has 2 aromatic heterocycles. The maximum atomic E-state index is 13.1. The number of carbonyl (C=O) groups excluding carboxylic acids is 1. The normalized spacial score (nSPS) is 20.4. The van der Waals surface area contributed by atoms with E-state index >= 15 is 0 Å². The lowest BCUT2D eigenvalue weighted by Crippen LogP contribution is -2.42. The Morgan fingerprint density at radius 1 is 1.32 bits per heavy atom. The molecule has 0 saturated carbocycles. The average molecular weight is 346 g/mol. The van der Waals surface area contributed by atoms with E-state index in [0.29, 0.717) is 32.2 Å². The van der Waals surface area contributed by atoms with Crippen LogP contribution in [0.3, 0.4) is 0 Å². The Bertz CT molecular complexity index is 743. The summed E-state index contributed by atoms with van der Waals surface area (Å²) in [7, 11) is 0. The van der Waals surface area contributed by atoms with E-state index in [9.17, 15) is 9.18 Å². The summed E-state index contributed by atoms with van der Waals surface area (Å²) in [5.41, 5.74) is 0.969. The third kappa shape index (κ3) is 3.32. The van der Waals surface area contributed by atoms with Gasteiger partial charge in [-0.3, -0.25) is 14.3 Å². The van der Waals surface area contributed by atoms with Crippen LogP contribution < -0.4 is 4.90 Å². The van der Waals surface area contributed by atoms with Crippen molar-refractivity contribution >= 4 is 11.9 Å². The van der Waals surface area contributed by atoms with E-state index in [0.717, 1.165) is 30.9 Å². The first-order valence-electron chi connectivity index (χ1n) is 8.39. The first-order valence-corrected chi connectivity index (χ1v) is 8.39. The molecule has 2 aliphatic heterocycles. The van der Waals surface area contributed by atoms with E-state index in [2.05, 4.69) is 15.1 Å². The number of carbonyl (C=O) groups is 1. The minimum absolute atomic E-state index is 0.0481. The Hall–Kier alpha value is -2.55. The number of fused-ring (bicyclic) bond motifs is 1. The first-order chi connectivity index (χ1) is 12.2. The van der Waals surface area contributed by atoms with Crippen LogP contribution in [-0.2, 0) is 16.2 Å². The van der Waals surface area contributed by atoms with Gasteiger partial charge in [-0.2, -0.15) is 5.10 Å². The summed E-state index contributed by atoms with van der Waals surface area (Å²) in [6, 6.07) is 1.76. The molecular weight excluding hydrogens is 327 g/mol. The van der Waals surface area contributed by atoms with Crippen molar-refractivity contribution in [1.29, 1.82) is 0 Å². The second-order valence-electron chi connectivity index (χ2n) is 6.24. The summed E-state index contributed by atoms with van der Waals surface area (Å²) in [5.74, 6) is -0.0756. The van der Waals surface area contributed by atoms with E-state index in [1.165, 1.54) is 5.06 Å². The molecule has 132 valence electrons. The Labute approximate surface area is 144 Å². The van der Waals surface area contributed by atoms with Crippen molar-refractivity contribution in [3.8, 4) is 0 Å². The van der Waals surface area contributed by atoms with Crippen LogP contribution in [0, 0.1) is 5.82 Å². The smallest absolute Gasteiger partial charge is 0.248 e. The number of halogens is 1. The molecule has 4 rings (SSSR count). The number of amides is 1. The van der Waals surface area contributed by atoms with E-state index in [1.54, 1.807) is 6.20 Å². The minimum atomic E-state index is -0.472. The highest BCUT2D eigenvalue weighted by molar-refractivity contribution is 5.75. The highest BCUT2D eigenvalue weighted by Crippen LogP contribution is 2.26. The fraction of sp³-hybridized carbons (Fsp3) is 0.500. The molecule has 0 spiro atoms. The Kier molecular flexibility index (Phi) is 4.31. The molecule has 0 N–H and O–H groups in total. The molecule has 0 bridgehead atoms. The van der Waals surface area contributed by atoms with Gasteiger partial charge in [0.2, 0.25) is 11.9 Å². The van der Waals surface area contributed by atoms with Gasteiger partial charge in [0, 0.05) is 19.3 Å². The van der Waals surface area contributed by atoms with Crippen molar-refractivity contribution < 1.29 is 14.0 Å². The van der Waals surface area contributed by atoms with Crippen molar-refractivity contribution in [3.05, 3.63) is 36.2 Å². The average Bonchev–Trinajstić information content (AvgIpc) is 3.12. The largest absolute Gasteiger partial charge is 0.333 e. The number of aromatic nitrogens is 4. The van der Waals surface area contributed by atoms with Crippen LogP contribution in [0.1, 0.15) is 31.0 Å². The second kappa shape index (κ2) is 6.75. The van der Waals surface area contributed by atoms with E-state index in [1.807, 2.05) is 15.6 Å². The minimum Gasteiger partial charge on any atom is -0.333 e. The molecular formula is C16H19FN6O2. The van der Waals surface area contributed by atoms with Crippen LogP contribution in [0.25, 0.3) is 0 Å². The number of hydrogen-bond acceptors (Lipinski definition) is 6. The second-order valence-corrected chi connectivity index (χ2v) is 6.24. The number of hydrogen-bond donors (Lipinski definition) is 0. The Morgan fingerprint density at radius 2 is 2.16 bits per heavy atom. The van der Waals surface area contributed by atoms with E-state index < -0.39 is 5.82 Å².